The van der Waals surface area contributed by atoms with Crippen molar-refractivity contribution in [3.05, 3.63) is 82.4 Å². The highest BCUT2D eigenvalue weighted by atomic mass is 19.1. The average Bonchev–Trinajstić information content (AvgIpc) is 3.57. The first-order chi connectivity index (χ1) is 20.3. The number of benzene rings is 2. The van der Waals surface area contributed by atoms with Crippen LogP contribution in [0.1, 0.15) is 56.1 Å². The summed E-state index contributed by atoms with van der Waals surface area (Å²) in [5.74, 6) is 0.101. The summed E-state index contributed by atoms with van der Waals surface area (Å²) < 4.78 is 18.0. The maximum absolute atomic E-state index is 14.6. The van der Waals surface area contributed by atoms with Gasteiger partial charge in [0.05, 0.1) is 34.9 Å². The molecule has 1 aliphatic carbocycles. The second kappa shape index (κ2) is 9.66. The van der Waals surface area contributed by atoms with Crippen molar-refractivity contribution in [3.8, 4) is 22.9 Å². The molecule has 1 saturated heterocycles. The molecule has 2 aliphatic rings. The van der Waals surface area contributed by atoms with E-state index in [1.54, 1.807) is 24.4 Å². The van der Waals surface area contributed by atoms with E-state index in [0.29, 0.717) is 40.4 Å². The van der Waals surface area contributed by atoms with E-state index in [2.05, 4.69) is 21.1 Å². The number of nitrogens with zero attached hydrogens (tertiary/aromatic N) is 8. The summed E-state index contributed by atoms with van der Waals surface area (Å²) in [6.45, 7) is 2.00. The summed E-state index contributed by atoms with van der Waals surface area (Å²) in [4.78, 5) is 29.9. The highest BCUT2D eigenvalue weighted by Crippen LogP contribution is 2.42. The van der Waals surface area contributed by atoms with Gasteiger partial charge in [-0.05, 0) is 62.4 Å². The fraction of sp³-hybridized carbons (Fsp3) is 0.267. The number of hydrogen-bond donors (Lipinski definition) is 2. The Bertz CT molecular complexity index is 1970. The Morgan fingerprint density at radius 2 is 1.86 bits per heavy atom. The number of nitrogens with two attached hydrogens (primary N) is 2. The smallest absolute Gasteiger partial charge is 0.266 e. The zero-order chi connectivity index (χ0) is 29.1. The number of rotatable bonds is 5. The van der Waals surface area contributed by atoms with Crippen LogP contribution in [0.5, 0.6) is 0 Å². The summed E-state index contributed by atoms with van der Waals surface area (Å²) in [7, 11) is 0. The molecule has 0 bridgehead atoms. The monoisotopic (exact) mass is 562 g/mol. The molecule has 0 radical (unpaired) electrons. The minimum atomic E-state index is -0.498. The Kier molecular flexibility index (Phi) is 5.90. The molecule has 1 aliphatic heterocycles. The van der Waals surface area contributed by atoms with Gasteiger partial charge in [-0.2, -0.15) is 20.3 Å². The van der Waals surface area contributed by atoms with Gasteiger partial charge in [-0.15, -0.1) is 0 Å². The van der Waals surface area contributed by atoms with E-state index in [4.69, 9.17) is 16.5 Å². The standard InChI is InChI=1S/C30H27FN10O/c1-16-8-11-24(40(16)27-22(13-32)26(33)37-30(34)38-27)28-36-23-7-3-6-21(17-14-35-39(15-17)19-9-10-19)25(23)29(42)41(28)20-5-2-4-18(31)12-20/h2-7,12,14-16,19,24H,8-11H2,1H3,(H4,33,34,37,38)/t16-,24-/m0/s1. The lowest BCUT2D eigenvalue weighted by molar-refractivity contribution is 0.608. The second-order valence-electron chi connectivity index (χ2n) is 10.9. The van der Waals surface area contributed by atoms with Crippen molar-refractivity contribution >= 4 is 28.5 Å². The van der Waals surface area contributed by atoms with Crippen molar-refractivity contribution in [3.63, 3.8) is 0 Å². The number of hydrogen-bond acceptors (Lipinski definition) is 9. The van der Waals surface area contributed by atoms with Crippen molar-refractivity contribution in [2.45, 2.75) is 50.7 Å². The summed E-state index contributed by atoms with van der Waals surface area (Å²) >= 11 is 0. The molecule has 0 amide bonds. The molecule has 11 nitrogen and oxygen atoms in total. The van der Waals surface area contributed by atoms with Gasteiger partial charge in [0.15, 0.2) is 5.82 Å². The molecule has 2 fully saturated rings. The van der Waals surface area contributed by atoms with Gasteiger partial charge in [0, 0.05) is 17.8 Å². The first-order valence-corrected chi connectivity index (χ1v) is 13.8. The van der Waals surface area contributed by atoms with Crippen LogP contribution in [-0.4, -0.2) is 35.3 Å². The fourth-order valence-electron chi connectivity index (χ4n) is 5.96. The predicted molar refractivity (Wildman–Crippen MR) is 156 cm³/mol. The summed E-state index contributed by atoms with van der Waals surface area (Å²) in [5.41, 5.74) is 14.1. The summed E-state index contributed by atoms with van der Waals surface area (Å²) in [6.07, 6.45) is 7.21. The Labute approximate surface area is 239 Å². The van der Waals surface area contributed by atoms with Crippen molar-refractivity contribution in [1.82, 2.24) is 29.3 Å². The van der Waals surface area contributed by atoms with E-state index in [9.17, 15) is 14.4 Å². The molecule has 2 atom stereocenters. The molecule has 2 aromatic carbocycles. The van der Waals surface area contributed by atoms with Crippen LogP contribution in [0.2, 0.25) is 0 Å². The van der Waals surface area contributed by atoms with Gasteiger partial charge < -0.3 is 16.4 Å². The topological polar surface area (TPSA) is 158 Å². The number of nitriles is 1. The molecule has 0 spiro atoms. The Morgan fingerprint density at radius 3 is 2.62 bits per heavy atom. The predicted octanol–water partition coefficient (Wildman–Crippen LogP) is 4.28. The van der Waals surface area contributed by atoms with Crippen LogP contribution >= 0.6 is 0 Å². The normalized spacial score (nSPS) is 18.5. The zero-order valence-corrected chi connectivity index (χ0v) is 22.8. The molecule has 42 heavy (non-hydrogen) atoms. The third kappa shape index (κ3) is 4.13. The lowest BCUT2D eigenvalue weighted by atomic mass is 10.0. The number of nitrogen functional groups attached to an aromatic ring is 2. The Balaban J connectivity index is 1.49. The van der Waals surface area contributed by atoms with Gasteiger partial charge in [-0.1, -0.05) is 18.2 Å². The Hall–Kier alpha value is -5.31. The quantitative estimate of drug-likeness (QED) is 0.319. The van der Waals surface area contributed by atoms with E-state index in [0.717, 1.165) is 24.8 Å². The van der Waals surface area contributed by atoms with Crippen LogP contribution in [0.15, 0.2) is 59.7 Å². The average molecular weight is 563 g/mol. The molecular formula is C30H27FN10O. The van der Waals surface area contributed by atoms with Crippen molar-refractivity contribution in [2.75, 3.05) is 16.4 Å². The molecule has 7 rings (SSSR count). The molecule has 210 valence electrons. The van der Waals surface area contributed by atoms with Gasteiger partial charge in [0.25, 0.3) is 5.56 Å². The van der Waals surface area contributed by atoms with E-state index in [1.165, 1.54) is 16.7 Å². The van der Waals surface area contributed by atoms with Crippen molar-refractivity contribution in [1.29, 1.82) is 5.26 Å². The maximum atomic E-state index is 14.6. The third-order valence-electron chi connectivity index (χ3n) is 8.08. The van der Waals surface area contributed by atoms with Gasteiger partial charge in [-0.25, -0.2) is 9.37 Å². The van der Waals surface area contributed by atoms with Crippen LogP contribution in [-0.2, 0) is 0 Å². The van der Waals surface area contributed by atoms with E-state index < -0.39 is 11.9 Å². The molecule has 4 heterocycles. The van der Waals surface area contributed by atoms with E-state index >= 15 is 0 Å². The molecule has 3 aromatic heterocycles. The van der Waals surface area contributed by atoms with Crippen LogP contribution < -0.4 is 21.9 Å². The zero-order valence-electron chi connectivity index (χ0n) is 22.8. The molecule has 4 N–H and O–H groups in total. The van der Waals surface area contributed by atoms with Crippen LogP contribution in [0.4, 0.5) is 22.0 Å². The molecule has 0 unspecified atom stereocenters. The largest absolute Gasteiger partial charge is 0.382 e. The van der Waals surface area contributed by atoms with E-state index in [1.807, 2.05) is 34.8 Å². The summed E-state index contributed by atoms with van der Waals surface area (Å²) in [6, 6.07) is 13.3. The van der Waals surface area contributed by atoms with Crippen LogP contribution in [0, 0.1) is 17.1 Å². The summed E-state index contributed by atoms with van der Waals surface area (Å²) in [5, 5.41) is 14.9. The maximum Gasteiger partial charge on any atom is 0.266 e. The highest BCUT2D eigenvalue weighted by molar-refractivity contribution is 5.94. The molecular weight excluding hydrogens is 535 g/mol. The number of halogens is 1. The van der Waals surface area contributed by atoms with Gasteiger partial charge in [0.2, 0.25) is 5.95 Å². The van der Waals surface area contributed by atoms with Crippen LogP contribution in [0.3, 0.4) is 0 Å². The number of aromatic nitrogens is 6. The Morgan fingerprint density at radius 1 is 1.05 bits per heavy atom. The minimum Gasteiger partial charge on any atom is -0.382 e. The number of anilines is 3. The number of fused-ring (bicyclic) bond motifs is 1. The lowest BCUT2D eigenvalue weighted by Gasteiger charge is -2.31. The fourth-order valence-corrected chi connectivity index (χ4v) is 5.96. The van der Waals surface area contributed by atoms with Crippen LogP contribution in [0.25, 0.3) is 27.7 Å². The van der Waals surface area contributed by atoms with Gasteiger partial charge in [0.1, 0.15) is 29.1 Å². The molecule has 12 heteroatoms. The SMILES string of the molecule is C[C@H]1CC[C@@H](c2nc3cccc(-c4cnn(C5CC5)c4)c3c(=O)n2-c2cccc(F)c2)N1c1nc(N)nc(N)c1C#N. The minimum absolute atomic E-state index is 0.0248. The molecule has 5 aromatic rings. The van der Waals surface area contributed by atoms with Gasteiger partial charge >= 0.3 is 0 Å². The molecule has 1 saturated carbocycles. The lowest BCUT2D eigenvalue weighted by Crippen LogP contribution is -2.36. The van der Waals surface area contributed by atoms with Crippen molar-refractivity contribution in [2.24, 2.45) is 0 Å². The van der Waals surface area contributed by atoms with E-state index in [-0.39, 0.29) is 34.7 Å². The first-order valence-electron chi connectivity index (χ1n) is 13.8. The van der Waals surface area contributed by atoms with Gasteiger partial charge in [-0.3, -0.25) is 14.0 Å². The second-order valence-corrected chi connectivity index (χ2v) is 10.9. The first kappa shape index (κ1) is 25.6. The highest BCUT2D eigenvalue weighted by Gasteiger charge is 2.38. The van der Waals surface area contributed by atoms with Crippen molar-refractivity contribution < 1.29 is 4.39 Å². The third-order valence-corrected chi connectivity index (χ3v) is 8.08.